The summed E-state index contributed by atoms with van der Waals surface area (Å²) in [7, 11) is 0. The zero-order chi connectivity index (χ0) is 51.3. The summed E-state index contributed by atoms with van der Waals surface area (Å²) in [6.45, 7) is 2.15. The number of hydrogen-bond acceptors (Lipinski definition) is 3. The fraction of sp³-hybridized carbons (Fsp3) is 0.0811. The first-order valence-corrected chi connectivity index (χ1v) is 27.0. The van der Waals surface area contributed by atoms with Crippen LogP contribution in [0.1, 0.15) is 58.4 Å². The number of hydrogen-bond donors (Lipinski definition) is 0. The lowest BCUT2D eigenvalue weighted by Crippen LogP contribution is -2.29. The molecule has 10 aromatic carbocycles. The van der Waals surface area contributed by atoms with Crippen LogP contribution in [0.2, 0.25) is 0 Å². The van der Waals surface area contributed by atoms with Gasteiger partial charge in [-0.2, -0.15) is 0 Å². The van der Waals surface area contributed by atoms with Crippen LogP contribution in [-0.4, -0.2) is 0 Å². The lowest BCUT2D eigenvalue weighted by atomic mass is 9.66. The monoisotopic (exact) mass is 989 g/mol. The minimum atomic E-state index is -0.398. The third-order valence-electron chi connectivity index (χ3n) is 16.1. The van der Waals surface area contributed by atoms with Crippen molar-refractivity contribution in [1.29, 1.82) is 0 Å². The SMILES string of the molecule is C1=Cc2oc3c(-c4ccccc4-c4cccc5c4oc4ccccc45)cccc3c2CC1.Cc1ccc(N(c2cccc(-c3ccccc3)c2)c2ccc3c(c2)C(c2ccccc2)(c2ccccc2)C2=C3CCC=C2)cc1. The molecule has 0 saturated carbocycles. The van der Waals surface area contributed by atoms with Crippen molar-refractivity contribution in [3.8, 4) is 33.4 Å². The van der Waals surface area contributed by atoms with E-state index in [0.717, 1.165) is 98.3 Å². The molecule has 3 aliphatic rings. The van der Waals surface area contributed by atoms with E-state index < -0.39 is 5.41 Å². The van der Waals surface area contributed by atoms with Gasteiger partial charge in [-0.05, 0) is 137 Å². The third-order valence-corrected chi connectivity index (χ3v) is 16.1. The number of allylic oxidation sites excluding steroid dienone is 5. The summed E-state index contributed by atoms with van der Waals surface area (Å²) in [5.74, 6) is 0.996. The van der Waals surface area contributed by atoms with Gasteiger partial charge in [0.15, 0.2) is 0 Å². The number of anilines is 3. The number of furan rings is 2. The van der Waals surface area contributed by atoms with Crippen molar-refractivity contribution in [1.82, 2.24) is 0 Å². The van der Waals surface area contributed by atoms with Crippen molar-refractivity contribution in [2.24, 2.45) is 0 Å². The van der Waals surface area contributed by atoms with Gasteiger partial charge in [0.2, 0.25) is 0 Å². The van der Waals surface area contributed by atoms with Crippen LogP contribution < -0.4 is 4.90 Å². The number of aryl methyl sites for hydroxylation is 2. The van der Waals surface area contributed by atoms with E-state index >= 15 is 0 Å². The number of para-hydroxylation sites is 3. The molecule has 0 unspecified atom stereocenters. The Hall–Kier alpha value is -9.44. The summed E-state index contributed by atoms with van der Waals surface area (Å²) in [6, 6.07) is 87.6. The standard InChI is InChI=1S/C44H35N.C30H20O2/c1-32-24-26-37(27-25-32)45(38-21-13-16-34(30-38)33-14-5-2-6-15-33)39-28-29-41-40-22-11-12-23-42(40)44(43(41)31-39,35-17-7-3-8-18-35)36-19-9-4-10-20-36;1-2-10-20(24-14-8-16-26-22-12-4-6-18-28(22)32-30(24)26)19(9-1)23-13-7-15-25-21-11-3-5-17-27(21)31-29(23)25/h2-10,12-21,23-31H,11,22H2,1H3;1-3,5-11,13-18H,4,12H2. The number of nitrogens with zero attached hydrogens (tertiary/aromatic N) is 1. The van der Waals surface area contributed by atoms with Gasteiger partial charge >= 0.3 is 0 Å². The largest absolute Gasteiger partial charge is 0.456 e. The maximum absolute atomic E-state index is 6.39. The van der Waals surface area contributed by atoms with Gasteiger partial charge in [-0.15, -0.1) is 0 Å². The summed E-state index contributed by atoms with van der Waals surface area (Å²) in [5, 5.41) is 3.51. The van der Waals surface area contributed by atoms with Gasteiger partial charge in [-0.1, -0.05) is 224 Å². The molecule has 0 N–H and O–H groups in total. The second kappa shape index (κ2) is 19.4. The average molecular weight is 990 g/mol. The van der Waals surface area contributed by atoms with Gasteiger partial charge in [0.05, 0.1) is 5.41 Å². The molecule has 368 valence electrons. The average Bonchev–Trinajstić information content (AvgIpc) is 4.31. The Bertz CT molecular complexity index is 4230. The molecule has 15 rings (SSSR count). The molecule has 77 heavy (non-hydrogen) atoms. The maximum Gasteiger partial charge on any atom is 0.143 e. The topological polar surface area (TPSA) is 29.5 Å². The Labute approximate surface area is 450 Å². The van der Waals surface area contributed by atoms with E-state index in [1.54, 1.807) is 0 Å². The second-order valence-corrected chi connectivity index (χ2v) is 20.5. The van der Waals surface area contributed by atoms with E-state index in [4.69, 9.17) is 8.83 Å². The first kappa shape index (κ1) is 46.1. The molecule has 3 heteroatoms. The van der Waals surface area contributed by atoms with Gasteiger partial charge in [0.1, 0.15) is 22.5 Å². The molecule has 0 aliphatic heterocycles. The molecule has 0 amide bonds. The highest BCUT2D eigenvalue weighted by Gasteiger charge is 2.47. The molecule has 0 fully saturated rings. The van der Waals surface area contributed by atoms with E-state index in [1.807, 2.05) is 12.1 Å². The van der Waals surface area contributed by atoms with Crippen molar-refractivity contribution >= 4 is 61.6 Å². The van der Waals surface area contributed by atoms with Crippen molar-refractivity contribution in [3.63, 3.8) is 0 Å². The smallest absolute Gasteiger partial charge is 0.143 e. The molecule has 2 aromatic heterocycles. The van der Waals surface area contributed by atoms with E-state index in [1.165, 1.54) is 61.0 Å². The lowest BCUT2D eigenvalue weighted by molar-refractivity contribution is 0.596. The molecular formula is C74H55NO2. The lowest BCUT2D eigenvalue weighted by Gasteiger charge is -2.36. The first-order valence-electron chi connectivity index (χ1n) is 27.0. The minimum absolute atomic E-state index is 0.398. The summed E-state index contributed by atoms with van der Waals surface area (Å²) in [6.07, 6.45) is 13.3. The Kier molecular flexibility index (Phi) is 11.6. The Morgan fingerprint density at radius 3 is 1.70 bits per heavy atom. The molecule has 2 heterocycles. The molecule has 0 atom stereocenters. The van der Waals surface area contributed by atoms with E-state index in [-0.39, 0.29) is 0 Å². The fourth-order valence-corrected chi connectivity index (χ4v) is 12.6. The molecular weight excluding hydrogens is 935 g/mol. The van der Waals surface area contributed by atoms with Crippen LogP contribution in [0.5, 0.6) is 0 Å². The third kappa shape index (κ3) is 7.89. The van der Waals surface area contributed by atoms with Gasteiger partial charge in [-0.25, -0.2) is 0 Å². The number of rotatable bonds is 8. The fourth-order valence-electron chi connectivity index (χ4n) is 12.6. The first-order chi connectivity index (χ1) is 38.1. The zero-order valence-corrected chi connectivity index (χ0v) is 43.0. The Morgan fingerprint density at radius 2 is 0.961 bits per heavy atom. The summed E-state index contributed by atoms with van der Waals surface area (Å²) in [4.78, 5) is 2.42. The molecule has 0 saturated heterocycles. The predicted octanol–water partition coefficient (Wildman–Crippen LogP) is 20.2. The normalized spacial score (nSPS) is 14.0. The van der Waals surface area contributed by atoms with Crippen molar-refractivity contribution in [3.05, 3.63) is 306 Å². The van der Waals surface area contributed by atoms with E-state index in [9.17, 15) is 0 Å². The minimum Gasteiger partial charge on any atom is -0.456 e. The van der Waals surface area contributed by atoms with Crippen LogP contribution in [0, 0.1) is 6.92 Å². The van der Waals surface area contributed by atoms with Gasteiger partial charge in [0.25, 0.3) is 0 Å². The van der Waals surface area contributed by atoms with Gasteiger partial charge in [-0.3, -0.25) is 0 Å². The van der Waals surface area contributed by atoms with Crippen LogP contribution in [0.25, 0.3) is 77.9 Å². The molecule has 12 aromatic rings. The van der Waals surface area contributed by atoms with Gasteiger partial charge < -0.3 is 13.7 Å². The summed E-state index contributed by atoms with van der Waals surface area (Å²) >= 11 is 0. The highest BCUT2D eigenvalue weighted by atomic mass is 16.3. The molecule has 3 nitrogen and oxygen atoms in total. The van der Waals surface area contributed by atoms with Crippen LogP contribution in [0.4, 0.5) is 17.1 Å². The maximum atomic E-state index is 6.39. The van der Waals surface area contributed by atoms with Crippen LogP contribution in [0.15, 0.2) is 275 Å². The quantitative estimate of drug-likeness (QED) is 0.152. The van der Waals surface area contributed by atoms with Crippen LogP contribution in [0.3, 0.4) is 0 Å². The molecule has 3 aliphatic carbocycles. The predicted molar refractivity (Wildman–Crippen MR) is 321 cm³/mol. The second-order valence-electron chi connectivity index (χ2n) is 20.5. The Morgan fingerprint density at radius 1 is 0.403 bits per heavy atom. The van der Waals surface area contributed by atoms with E-state index in [2.05, 4.69) is 267 Å². The van der Waals surface area contributed by atoms with Crippen LogP contribution in [-0.2, 0) is 11.8 Å². The molecule has 0 spiro atoms. The van der Waals surface area contributed by atoms with Crippen LogP contribution >= 0.6 is 0 Å². The van der Waals surface area contributed by atoms with E-state index in [0.29, 0.717) is 0 Å². The molecule has 0 bridgehead atoms. The molecule has 0 radical (unpaired) electrons. The zero-order valence-electron chi connectivity index (χ0n) is 43.0. The number of benzene rings is 10. The number of fused-ring (bicyclic) bond motifs is 8. The van der Waals surface area contributed by atoms with Crippen molar-refractivity contribution in [2.45, 2.75) is 38.0 Å². The summed E-state index contributed by atoms with van der Waals surface area (Å²) < 4.78 is 12.7. The van der Waals surface area contributed by atoms with Crippen molar-refractivity contribution in [2.75, 3.05) is 4.90 Å². The highest BCUT2D eigenvalue weighted by Crippen LogP contribution is 2.58. The van der Waals surface area contributed by atoms with Gasteiger partial charge in [0, 0.05) is 49.9 Å². The van der Waals surface area contributed by atoms with Crippen molar-refractivity contribution < 1.29 is 8.83 Å². The Balaban J connectivity index is 0.000000148. The highest BCUT2D eigenvalue weighted by molar-refractivity contribution is 6.11. The summed E-state index contributed by atoms with van der Waals surface area (Å²) in [5.41, 5.74) is 23.6.